The number of thioether (sulfide) groups is 1. The van der Waals surface area contributed by atoms with E-state index in [1.165, 1.54) is 37.4 Å². The number of rotatable bonds is 6. The minimum absolute atomic E-state index is 0.263. The van der Waals surface area contributed by atoms with Gasteiger partial charge in [0.1, 0.15) is 0 Å². The molecule has 5 unspecified atom stereocenters. The molecule has 2 aromatic heterocycles. The van der Waals surface area contributed by atoms with Crippen LogP contribution >= 0.6 is 23.1 Å². The number of fused-ring (bicyclic) bond motifs is 2. The van der Waals surface area contributed by atoms with Crippen molar-refractivity contribution in [3.63, 3.8) is 0 Å². The van der Waals surface area contributed by atoms with E-state index in [1.54, 1.807) is 18.3 Å². The van der Waals surface area contributed by atoms with Gasteiger partial charge in [-0.3, -0.25) is 14.7 Å². The topological polar surface area (TPSA) is 88.9 Å². The Balaban J connectivity index is 1.53. The van der Waals surface area contributed by atoms with Crippen LogP contribution in [0.2, 0.25) is 0 Å². The van der Waals surface area contributed by atoms with Gasteiger partial charge in [-0.25, -0.2) is 4.79 Å². The summed E-state index contributed by atoms with van der Waals surface area (Å²) in [7, 11) is 0. The Bertz CT molecular complexity index is 966. The predicted octanol–water partition coefficient (Wildman–Crippen LogP) is 5.11. The molecule has 2 bridgehead atoms. The first-order valence-corrected chi connectivity index (χ1v) is 13.2. The maximum absolute atomic E-state index is 12.7. The van der Waals surface area contributed by atoms with Gasteiger partial charge < -0.3 is 5.32 Å². The molecule has 32 heavy (non-hydrogen) atoms. The third-order valence-corrected chi connectivity index (χ3v) is 8.53. The maximum Gasteiger partial charge on any atom is 0.321 e. The standard InChI is InChI=1S/C23H33N5O2S2/c1-13(17-12-15-8-9-16(17)11-15)28-19(18-7-6-10-31-18)26-27-22(28)32-14(2)20(29)24-21(30)25-23(3,4)5/h6-7,10,13-17H,8-9,11-12H2,1-5H3,(H2,24,25,29,30). The minimum Gasteiger partial charge on any atom is -0.333 e. The molecule has 0 aromatic carbocycles. The molecule has 0 aliphatic heterocycles. The molecule has 2 aliphatic rings. The zero-order valence-corrected chi connectivity index (χ0v) is 21.1. The van der Waals surface area contributed by atoms with Crippen molar-refractivity contribution < 1.29 is 9.59 Å². The lowest BCUT2D eigenvalue weighted by Crippen LogP contribution is -2.49. The molecule has 2 saturated carbocycles. The number of thiophene rings is 1. The summed E-state index contributed by atoms with van der Waals surface area (Å²) in [6.07, 6.45) is 5.29. The molecule has 0 radical (unpaired) electrons. The molecule has 5 atom stereocenters. The summed E-state index contributed by atoms with van der Waals surface area (Å²) in [5, 5.41) is 16.5. The van der Waals surface area contributed by atoms with E-state index >= 15 is 0 Å². The van der Waals surface area contributed by atoms with Crippen LogP contribution in [0, 0.1) is 17.8 Å². The van der Waals surface area contributed by atoms with Crippen LogP contribution in [0.25, 0.3) is 10.7 Å². The molecule has 0 saturated heterocycles. The molecule has 9 heteroatoms. The lowest BCUT2D eigenvalue weighted by Gasteiger charge is -2.30. The van der Waals surface area contributed by atoms with Crippen LogP contribution in [-0.2, 0) is 4.79 Å². The van der Waals surface area contributed by atoms with E-state index in [9.17, 15) is 9.59 Å². The first kappa shape index (κ1) is 23.3. The molecular weight excluding hydrogens is 442 g/mol. The van der Waals surface area contributed by atoms with Crippen LogP contribution in [0.5, 0.6) is 0 Å². The van der Waals surface area contributed by atoms with E-state index < -0.39 is 16.8 Å². The maximum atomic E-state index is 12.7. The van der Waals surface area contributed by atoms with Gasteiger partial charge in [0.25, 0.3) is 0 Å². The summed E-state index contributed by atoms with van der Waals surface area (Å²) in [5.41, 5.74) is -0.410. The number of amides is 3. The molecule has 2 aliphatic carbocycles. The van der Waals surface area contributed by atoms with Crippen LogP contribution in [0.15, 0.2) is 22.7 Å². The van der Waals surface area contributed by atoms with Crippen molar-refractivity contribution in [1.29, 1.82) is 0 Å². The van der Waals surface area contributed by atoms with Crippen molar-refractivity contribution in [1.82, 2.24) is 25.4 Å². The summed E-state index contributed by atoms with van der Waals surface area (Å²) in [6.45, 7) is 9.70. The fourth-order valence-corrected chi connectivity index (χ4v) is 6.81. The Kier molecular flexibility index (Phi) is 6.68. The number of urea groups is 1. The summed E-state index contributed by atoms with van der Waals surface area (Å²) >= 11 is 3.02. The summed E-state index contributed by atoms with van der Waals surface area (Å²) < 4.78 is 2.24. The largest absolute Gasteiger partial charge is 0.333 e. The van der Waals surface area contributed by atoms with E-state index in [0.717, 1.165) is 27.7 Å². The van der Waals surface area contributed by atoms with E-state index in [1.807, 2.05) is 32.2 Å². The molecule has 0 spiro atoms. The highest BCUT2D eigenvalue weighted by atomic mass is 32.2. The predicted molar refractivity (Wildman–Crippen MR) is 129 cm³/mol. The summed E-state index contributed by atoms with van der Waals surface area (Å²) in [5.74, 6) is 2.78. The highest BCUT2D eigenvalue weighted by Crippen LogP contribution is 2.53. The van der Waals surface area contributed by atoms with Crippen molar-refractivity contribution in [2.24, 2.45) is 17.8 Å². The van der Waals surface area contributed by atoms with E-state index in [-0.39, 0.29) is 11.9 Å². The van der Waals surface area contributed by atoms with Gasteiger partial charge in [0.05, 0.1) is 10.1 Å². The molecule has 174 valence electrons. The number of aromatic nitrogens is 3. The van der Waals surface area contributed by atoms with Gasteiger partial charge in [-0.05, 0) is 83.1 Å². The van der Waals surface area contributed by atoms with Crippen molar-refractivity contribution in [2.45, 2.75) is 82.3 Å². The second-order valence-electron chi connectivity index (χ2n) is 10.2. The fraction of sp³-hybridized carbons (Fsp3) is 0.652. The zero-order chi connectivity index (χ0) is 23.0. The van der Waals surface area contributed by atoms with Gasteiger partial charge in [-0.15, -0.1) is 21.5 Å². The Hall–Kier alpha value is -1.87. The lowest BCUT2D eigenvalue weighted by atomic mass is 9.84. The number of imide groups is 1. The zero-order valence-electron chi connectivity index (χ0n) is 19.4. The lowest BCUT2D eigenvalue weighted by molar-refractivity contribution is -0.119. The summed E-state index contributed by atoms with van der Waals surface area (Å²) in [4.78, 5) is 25.9. The normalized spacial score (nSPS) is 24.3. The monoisotopic (exact) mass is 475 g/mol. The average molecular weight is 476 g/mol. The number of hydrogen-bond acceptors (Lipinski definition) is 6. The molecule has 4 rings (SSSR count). The van der Waals surface area contributed by atoms with Gasteiger partial charge in [-0.1, -0.05) is 24.2 Å². The highest BCUT2D eigenvalue weighted by molar-refractivity contribution is 8.00. The first-order valence-electron chi connectivity index (χ1n) is 11.4. The Morgan fingerprint density at radius 1 is 1.22 bits per heavy atom. The molecule has 3 amide bonds. The molecule has 2 aromatic rings. The molecule has 2 fully saturated rings. The van der Waals surface area contributed by atoms with Crippen LogP contribution in [-0.4, -0.2) is 37.5 Å². The van der Waals surface area contributed by atoms with Crippen LogP contribution in [0.4, 0.5) is 4.79 Å². The van der Waals surface area contributed by atoms with E-state index in [0.29, 0.717) is 5.92 Å². The number of carbonyl (C=O) groups is 2. The number of carbonyl (C=O) groups excluding carboxylic acids is 2. The van der Waals surface area contributed by atoms with Crippen molar-refractivity contribution >= 4 is 35.0 Å². The van der Waals surface area contributed by atoms with Crippen LogP contribution in [0.1, 0.15) is 66.3 Å². The van der Waals surface area contributed by atoms with Gasteiger partial charge in [0, 0.05) is 11.6 Å². The first-order chi connectivity index (χ1) is 15.1. The number of hydrogen-bond donors (Lipinski definition) is 2. The average Bonchev–Trinajstić information content (AvgIpc) is 3.48. The minimum atomic E-state index is -0.481. The molecule has 7 nitrogen and oxygen atoms in total. The van der Waals surface area contributed by atoms with Gasteiger partial charge in [0.15, 0.2) is 11.0 Å². The SMILES string of the molecule is CC(Sc1nnc(-c2cccs2)n1C(C)C1CC2CCC1C2)C(=O)NC(=O)NC(C)(C)C. The second-order valence-corrected chi connectivity index (χ2v) is 12.4. The van der Waals surface area contributed by atoms with Crippen LogP contribution < -0.4 is 10.6 Å². The highest BCUT2D eigenvalue weighted by Gasteiger charge is 2.43. The van der Waals surface area contributed by atoms with E-state index in [2.05, 4.69) is 38.4 Å². The Labute approximate surface area is 198 Å². The summed E-state index contributed by atoms with van der Waals surface area (Å²) in [6, 6.07) is 3.88. The molecule has 2 N–H and O–H groups in total. The van der Waals surface area contributed by atoms with Crippen molar-refractivity contribution in [3.8, 4) is 10.7 Å². The van der Waals surface area contributed by atoms with Gasteiger partial charge in [0.2, 0.25) is 5.91 Å². The van der Waals surface area contributed by atoms with Gasteiger partial charge in [-0.2, -0.15) is 0 Å². The Morgan fingerprint density at radius 2 is 2.00 bits per heavy atom. The van der Waals surface area contributed by atoms with Crippen molar-refractivity contribution in [3.05, 3.63) is 17.5 Å². The third-order valence-electron chi connectivity index (χ3n) is 6.60. The molecular formula is C23H33N5O2S2. The van der Waals surface area contributed by atoms with Crippen molar-refractivity contribution in [2.75, 3.05) is 0 Å². The second kappa shape index (κ2) is 9.17. The third kappa shape index (κ3) is 5.03. The number of nitrogens with zero attached hydrogens (tertiary/aromatic N) is 3. The number of nitrogens with one attached hydrogen (secondary N) is 2. The Morgan fingerprint density at radius 3 is 2.59 bits per heavy atom. The quantitative estimate of drug-likeness (QED) is 0.567. The fourth-order valence-electron chi connectivity index (χ4n) is 5.17. The van der Waals surface area contributed by atoms with E-state index in [4.69, 9.17) is 0 Å². The van der Waals surface area contributed by atoms with Gasteiger partial charge >= 0.3 is 6.03 Å². The van der Waals surface area contributed by atoms with Crippen LogP contribution in [0.3, 0.4) is 0 Å². The smallest absolute Gasteiger partial charge is 0.321 e. The molecule has 2 heterocycles.